The number of nitrogens with zero attached hydrogens (tertiary/aromatic N) is 2. The highest BCUT2D eigenvalue weighted by molar-refractivity contribution is 6.30. The van der Waals surface area contributed by atoms with Crippen molar-refractivity contribution in [2.45, 2.75) is 12.5 Å². The van der Waals surface area contributed by atoms with E-state index in [-0.39, 0.29) is 6.04 Å². The zero-order chi connectivity index (χ0) is 13.9. The molecule has 20 heavy (non-hydrogen) atoms. The molecule has 1 aromatic carbocycles. The number of benzene rings is 1. The van der Waals surface area contributed by atoms with Gasteiger partial charge in [-0.1, -0.05) is 29.8 Å². The van der Waals surface area contributed by atoms with Gasteiger partial charge in [-0.3, -0.25) is 11.3 Å². The van der Waals surface area contributed by atoms with Crippen LogP contribution in [-0.2, 0) is 6.42 Å². The number of hydrogen-bond acceptors (Lipinski definition) is 3. The van der Waals surface area contributed by atoms with Crippen LogP contribution in [0.2, 0.25) is 5.02 Å². The summed E-state index contributed by atoms with van der Waals surface area (Å²) in [5.74, 6) is 5.72. The predicted molar refractivity (Wildman–Crippen MR) is 80.4 cm³/mol. The highest BCUT2D eigenvalue weighted by atomic mass is 35.5. The fraction of sp³-hybridized carbons (Fsp3) is 0.133. The van der Waals surface area contributed by atoms with Crippen molar-refractivity contribution in [1.82, 2.24) is 15.0 Å². The number of aromatic nitrogens is 2. The molecule has 102 valence electrons. The summed E-state index contributed by atoms with van der Waals surface area (Å²) in [6.07, 6.45) is 4.56. The van der Waals surface area contributed by atoms with Crippen LogP contribution in [0, 0.1) is 0 Å². The maximum Gasteiger partial charge on any atom is 0.0710 e. The number of fused-ring (bicyclic) bond motifs is 1. The average Bonchev–Trinajstić information content (AvgIpc) is 2.91. The molecule has 0 aliphatic heterocycles. The molecule has 0 fully saturated rings. The lowest BCUT2D eigenvalue weighted by Gasteiger charge is -2.15. The van der Waals surface area contributed by atoms with Crippen LogP contribution in [-0.4, -0.2) is 9.61 Å². The first-order chi connectivity index (χ1) is 9.78. The quantitative estimate of drug-likeness (QED) is 0.573. The van der Waals surface area contributed by atoms with Crippen molar-refractivity contribution in [2.75, 3.05) is 0 Å². The molecule has 3 N–H and O–H groups in total. The standard InChI is InChI=1S/C15H15ClN4/c16-12-6-4-11(5-7-12)9-14(19-17)13-10-18-20-8-2-1-3-15(13)20/h1-8,10,14,19H,9,17H2. The Hall–Kier alpha value is -1.88. The molecule has 3 aromatic rings. The number of pyridine rings is 1. The van der Waals surface area contributed by atoms with Crippen LogP contribution in [0.1, 0.15) is 17.2 Å². The van der Waals surface area contributed by atoms with Crippen molar-refractivity contribution in [1.29, 1.82) is 0 Å². The van der Waals surface area contributed by atoms with Crippen molar-refractivity contribution in [3.63, 3.8) is 0 Å². The van der Waals surface area contributed by atoms with Gasteiger partial charge in [-0.15, -0.1) is 0 Å². The molecule has 2 aromatic heterocycles. The number of nitrogens with one attached hydrogen (secondary N) is 1. The summed E-state index contributed by atoms with van der Waals surface area (Å²) >= 11 is 5.91. The number of hydrazine groups is 1. The molecule has 0 saturated heterocycles. The third-order valence-corrected chi connectivity index (χ3v) is 3.64. The highest BCUT2D eigenvalue weighted by Gasteiger charge is 2.15. The topological polar surface area (TPSA) is 55.3 Å². The van der Waals surface area contributed by atoms with Gasteiger partial charge in [0.15, 0.2) is 0 Å². The minimum Gasteiger partial charge on any atom is -0.271 e. The van der Waals surface area contributed by atoms with Crippen LogP contribution in [0.5, 0.6) is 0 Å². The van der Waals surface area contributed by atoms with E-state index in [4.69, 9.17) is 17.4 Å². The van der Waals surface area contributed by atoms with E-state index in [9.17, 15) is 0 Å². The summed E-state index contributed by atoms with van der Waals surface area (Å²) in [4.78, 5) is 0. The fourth-order valence-electron chi connectivity index (χ4n) is 2.34. The van der Waals surface area contributed by atoms with E-state index in [2.05, 4.69) is 10.5 Å². The third-order valence-electron chi connectivity index (χ3n) is 3.39. The molecule has 0 aliphatic carbocycles. The maximum absolute atomic E-state index is 5.91. The average molecular weight is 287 g/mol. The van der Waals surface area contributed by atoms with E-state index in [1.165, 1.54) is 5.56 Å². The lowest BCUT2D eigenvalue weighted by Crippen LogP contribution is -2.29. The lowest BCUT2D eigenvalue weighted by molar-refractivity contribution is 0.555. The smallest absolute Gasteiger partial charge is 0.0710 e. The molecule has 0 aliphatic rings. The molecule has 0 saturated carbocycles. The van der Waals surface area contributed by atoms with Gasteiger partial charge in [0.2, 0.25) is 0 Å². The minimum absolute atomic E-state index is 0.0103. The van der Waals surface area contributed by atoms with E-state index in [1.54, 1.807) is 0 Å². The van der Waals surface area contributed by atoms with Crippen molar-refractivity contribution < 1.29 is 0 Å². The van der Waals surface area contributed by atoms with Crippen LogP contribution in [0.3, 0.4) is 0 Å². The number of halogens is 1. The molecule has 0 spiro atoms. The van der Waals surface area contributed by atoms with Crippen molar-refractivity contribution >= 4 is 17.1 Å². The normalized spacial score (nSPS) is 12.7. The molecule has 3 rings (SSSR count). The monoisotopic (exact) mass is 286 g/mol. The second kappa shape index (κ2) is 5.63. The van der Waals surface area contributed by atoms with Crippen LogP contribution < -0.4 is 11.3 Å². The molecule has 0 amide bonds. The van der Waals surface area contributed by atoms with E-state index in [0.29, 0.717) is 0 Å². The van der Waals surface area contributed by atoms with Gasteiger partial charge in [0.25, 0.3) is 0 Å². The Morgan fingerprint density at radius 3 is 2.75 bits per heavy atom. The summed E-state index contributed by atoms with van der Waals surface area (Å²) in [6.45, 7) is 0. The lowest BCUT2D eigenvalue weighted by atomic mass is 10.0. The summed E-state index contributed by atoms with van der Waals surface area (Å²) in [5, 5.41) is 5.08. The van der Waals surface area contributed by atoms with Gasteiger partial charge in [0.05, 0.1) is 17.8 Å². The molecule has 0 radical (unpaired) electrons. The molecule has 5 heteroatoms. The summed E-state index contributed by atoms with van der Waals surface area (Å²) in [5.41, 5.74) is 6.19. The Bertz CT molecular complexity index is 705. The zero-order valence-electron chi connectivity index (χ0n) is 10.8. The maximum atomic E-state index is 5.91. The molecule has 1 unspecified atom stereocenters. The summed E-state index contributed by atoms with van der Waals surface area (Å²) in [7, 11) is 0. The molecule has 1 atom stereocenters. The predicted octanol–water partition coefficient (Wildman–Crippen LogP) is 2.73. The van der Waals surface area contributed by atoms with Gasteiger partial charge < -0.3 is 0 Å². The Morgan fingerprint density at radius 2 is 2.00 bits per heavy atom. The fourth-order valence-corrected chi connectivity index (χ4v) is 2.46. The molecular weight excluding hydrogens is 272 g/mol. The second-order valence-electron chi connectivity index (χ2n) is 4.68. The van der Waals surface area contributed by atoms with Crippen LogP contribution in [0.25, 0.3) is 5.52 Å². The SMILES string of the molecule is NNC(Cc1ccc(Cl)cc1)c1cnn2ccccc12. The van der Waals surface area contributed by atoms with Gasteiger partial charge in [0, 0.05) is 16.8 Å². The Labute approximate surface area is 122 Å². The zero-order valence-corrected chi connectivity index (χ0v) is 11.6. The van der Waals surface area contributed by atoms with Gasteiger partial charge in [-0.2, -0.15) is 5.10 Å². The Balaban J connectivity index is 1.91. The second-order valence-corrected chi connectivity index (χ2v) is 5.12. The molecule has 2 heterocycles. The first-order valence-corrected chi connectivity index (χ1v) is 6.78. The van der Waals surface area contributed by atoms with E-state index >= 15 is 0 Å². The Morgan fingerprint density at radius 1 is 1.20 bits per heavy atom. The number of rotatable bonds is 4. The summed E-state index contributed by atoms with van der Waals surface area (Å²) in [6, 6.07) is 13.8. The van der Waals surface area contributed by atoms with E-state index < -0.39 is 0 Å². The third kappa shape index (κ3) is 2.54. The first kappa shape index (κ1) is 13.1. The highest BCUT2D eigenvalue weighted by Crippen LogP contribution is 2.22. The number of nitrogens with two attached hydrogens (primary N) is 1. The minimum atomic E-state index is 0.0103. The van der Waals surface area contributed by atoms with Crippen molar-refractivity contribution in [3.8, 4) is 0 Å². The van der Waals surface area contributed by atoms with Crippen LogP contribution >= 0.6 is 11.6 Å². The Kier molecular flexibility index (Phi) is 3.69. The molecular formula is C15H15ClN4. The van der Waals surface area contributed by atoms with Gasteiger partial charge >= 0.3 is 0 Å². The van der Waals surface area contributed by atoms with E-state index in [0.717, 1.165) is 22.5 Å². The first-order valence-electron chi connectivity index (χ1n) is 6.41. The van der Waals surface area contributed by atoms with Crippen molar-refractivity contribution in [3.05, 3.63) is 71.0 Å². The van der Waals surface area contributed by atoms with Crippen LogP contribution in [0.4, 0.5) is 0 Å². The van der Waals surface area contributed by atoms with Crippen molar-refractivity contribution in [2.24, 2.45) is 5.84 Å². The molecule has 0 bridgehead atoms. The number of hydrogen-bond donors (Lipinski definition) is 2. The molecule has 4 nitrogen and oxygen atoms in total. The van der Waals surface area contributed by atoms with Gasteiger partial charge in [-0.25, -0.2) is 4.52 Å². The largest absolute Gasteiger partial charge is 0.271 e. The van der Waals surface area contributed by atoms with E-state index in [1.807, 2.05) is 59.4 Å². The summed E-state index contributed by atoms with van der Waals surface area (Å²) < 4.78 is 1.85. The van der Waals surface area contributed by atoms with Gasteiger partial charge in [-0.05, 0) is 36.2 Å². The van der Waals surface area contributed by atoms with Gasteiger partial charge in [0.1, 0.15) is 0 Å². The van der Waals surface area contributed by atoms with Crippen LogP contribution in [0.15, 0.2) is 54.9 Å².